The lowest BCUT2D eigenvalue weighted by atomic mass is 9.84. The van der Waals surface area contributed by atoms with Gasteiger partial charge in [0.15, 0.2) is 0 Å². The summed E-state index contributed by atoms with van der Waals surface area (Å²) in [4.78, 5) is 0. The van der Waals surface area contributed by atoms with E-state index in [2.05, 4.69) is 45.7 Å². The van der Waals surface area contributed by atoms with E-state index >= 15 is 0 Å². The van der Waals surface area contributed by atoms with Crippen LogP contribution in [0.3, 0.4) is 0 Å². The van der Waals surface area contributed by atoms with E-state index in [1.165, 1.54) is 6.42 Å². The van der Waals surface area contributed by atoms with Gasteiger partial charge in [0, 0.05) is 17.8 Å². The van der Waals surface area contributed by atoms with Crippen LogP contribution in [0.5, 0.6) is 0 Å². The third kappa shape index (κ3) is 3.75. The Morgan fingerprint density at radius 2 is 1.83 bits per heavy atom. The molecule has 0 aliphatic heterocycles. The van der Waals surface area contributed by atoms with E-state index in [0.717, 1.165) is 17.1 Å². The van der Waals surface area contributed by atoms with E-state index in [4.69, 9.17) is 4.74 Å². The Balaban J connectivity index is 4.09. The van der Waals surface area contributed by atoms with Gasteiger partial charge in [0.05, 0.1) is 6.10 Å². The number of methoxy groups -OCH3 is 1. The molecule has 0 aliphatic carbocycles. The second kappa shape index (κ2) is 6.39. The van der Waals surface area contributed by atoms with Gasteiger partial charge in [-0.05, 0) is 25.2 Å². The van der Waals surface area contributed by atoms with Crippen molar-refractivity contribution in [2.45, 2.75) is 32.8 Å². The molecular formula is C9H18Br2O. The zero-order valence-corrected chi connectivity index (χ0v) is 11.2. The van der Waals surface area contributed by atoms with Crippen LogP contribution in [0, 0.1) is 5.41 Å². The summed E-state index contributed by atoms with van der Waals surface area (Å²) < 4.78 is 5.27. The summed E-state index contributed by atoms with van der Waals surface area (Å²) in [5.41, 5.74) is 0.357. The molecule has 0 amide bonds. The van der Waals surface area contributed by atoms with Gasteiger partial charge in [-0.2, -0.15) is 0 Å². The third-order valence-corrected chi connectivity index (χ3v) is 4.82. The highest BCUT2D eigenvalue weighted by atomic mass is 79.9. The van der Waals surface area contributed by atoms with Crippen molar-refractivity contribution >= 4 is 31.9 Å². The molecule has 74 valence electrons. The van der Waals surface area contributed by atoms with Gasteiger partial charge in [0.2, 0.25) is 0 Å². The summed E-state index contributed by atoms with van der Waals surface area (Å²) in [6.45, 7) is 4.35. The first-order chi connectivity index (χ1) is 5.64. The van der Waals surface area contributed by atoms with Crippen LogP contribution < -0.4 is 0 Å². The van der Waals surface area contributed by atoms with Crippen LogP contribution >= 0.6 is 31.9 Å². The summed E-state index contributed by atoms with van der Waals surface area (Å²) in [5, 5.41) is 2.07. The summed E-state index contributed by atoms with van der Waals surface area (Å²) in [7, 11) is 1.77. The Labute approximate surface area is 92.5 Å². The standard InChI is InChI=1S/C9H18Br2O/c1-4-9(6-10,7-11)5-8(2)12-3/h8H,4-7H2,1-3H3. The number of hydrogen-bond donors (Lipinski definition) is 0. The number of halogens is 2. The molecule has 1 atom stereocenters. The molecule has 1 nitrogen and oxygen atoms in total. The second-order valence-corrected chi connectivity index (χ2v) is 4.49. The Kier molecular flexibility index (Phi) is 6.87. The van der Waals surface area contributed by atoms with Crippen LogP contribution in [0.1, 0.15) is 26.7 Å². The molecule has 0 aromatic rings. The van der Waals surface area contributed by atoms with Crippen molar-refractivity contribution < 1.29 is 4.74 Å². The predicted molar refractivity (Wildman–Crippen MR) is 61.4 cm³/mol. The van der Waals surface area contributed by atoms with E-state index in [1.807, 2.05) is 0 Å². The van der Waals surface area contributed by atoms with Gasteiger partial charge in [0.1, 0.15) is 0 Å². The molecule has 0 bridgehead atoms. The van der Waals surface area contributed by atoms with Gasteiger partial charge in [0.25, 0.3) is 0 Å². The average Bonchev–Trinajstić information content (AvgIpc) is 2.14. The van der Waals surface area contributed by atoms with Crippen molar-refractivity contribution in [3.05, 3.63) is 0 Å². The van der Waals surface area contributed by atoms with Crippen molar-refractivity contribution in [3.8, 4) is 0 Å². The van der Waals surface area contributed by atoms with Crippen LogP contribution in [0.2, 0.25) is 0 Å². The monoisotopic (exact) mass is 300 g/mol. The van der Waals surface area contributed by atoms with Crippen LogP contribution in [-0.4, -0.2) is 23.9 Å². The smallest absolute Gasteiger partial charge is 0.0549 e. The lowest BCUT2D eigenvalue weighted by Crippen LogP contribution is -2.29. The molecular weight excluding hydrogens is 284 g/mol. The van der Waals surface area contributed by atoms with Gasteiger partial charge in [-0.1, -0.05) is 38.8 Å². The number of alkyl halides is 2. The topological polar surface area (TPSA) is 9.23 Å². The van der Waals surface area contributed by atoms with E-state index in [9.17, 15) is 0 Å². The zero-order chi connectivity index (χ0) is 9.61. The van der Waals surface area contributed by atoms with E-state index in [0.29, 0.717) is 11.5 Å². The van der Waals surface area contributed by atoms with Crippen molar-refractivity contribution in [2.24, 2.45) is 5.41 Å². The molecule has 0 spiro atoms. The Morgan fingerprint density at radius 3 is 2.08 bits per heavy atom. The number of rotatable bonds is 6. The average molecular weight is 302 g/mol. The minimum atomic E-state index is 0.347. The lowest BCUT2D eigenvalue weighted by Gasteiger charge is -2.30. The molecule has 0 radical (unpaired) electrons. The van der Waals surface area contributed by atoms with Crippen molar-refractivity contribution in [1.82, 2.24) is 0 Å². The highest BCUT2D eigenvalue weighted by Gasteiger charge is 2.27. The van der Waals surface area contributed by atoms with Gasteiger partial charge < -0.3 is 4.74 Å². The first kappa shape index (κ1) is 12.9. The Morgan fingerprint density at radius 1 is 1.33 bits per heavy atom. The molecule has 0 saturated carbocycles. The third-order valence-electron chi connectivity index (χ3n) is 2.44. The summed E-state index contributed by atoms with van der Waals surface area (Å²) in [6.07, 6.45) is 2.63. The Bertz CT molecular complexity index is 105. The fourth-order valence-electron chi connectivity index (χ4n) is 1.17. The number of hydrogen-bond acceptors (Lipinski definition) is 1. The highest BCUT2D eigenvalue weighted by molar-refractivity contribution is 9.09. The van der Waals surface area contributed by atoms with Gasteiger partial charge >= 0.3 is 0 Å². The minimum absolute atomic E-state index is 0.347. The first-order valence-electron chi connectivity index (χ1n) is 4.29. The van der Waals surface area contributed by atoms with Crippen LogP contribution in [0.4, 0.5) is 0 Å². The molecule has 0 aromatic heterocycles. The molecule has 0 aromatic carbocycles. The Hall–Kier alpha value is 0.920. The van der Waals surface area contributed by atoms with E-state index in [-0.39, 0.29) is 0 Å². The first-order valence-corrected chi connectivity index (χ1v) is 6.53. The van der Waals surface area contributed by atoms with E-state index in [1.54, 1.807) is 7.11 Å². The molecule has 3 heteroatoms. The fraction of sp³-hybridized carbons (Fsp3) is 1.00. The maximum atomic E-state index is 5.27. The molecule has 0 rings (SSSR count). The van der Waals surface area contributed by atoms with Gasteiger partial charge in [-0.15, -0.1) is 0 Å². The van der Waals surface area contributed by atoms with Crippen molar-refractivity contribution in [3.63, 3.8) is 0 Å². The van der Waals surface area contributed by atoms with E-state index < -0.39 is 0 Å². The molecule has 0 heterocycles. The van der Waals surface area contributed by atoms with Gasteiger partial charge in [-0.3, -0.25) is 0 Å². The van der Waals surface area contributed by atoms with Gasteiger partial charge in [-0.25, -0.2) is 0 Å². The molecule has 0 saturated heterocycles. The molecule has 0 aliphatic rings. The molecule has 0 N–H and O–H groups in total. The fourth-order valence-corrected chi connectivity index (χ4v) is 3.35. The second-order valence-electron chi connectivity index (χ2n) is 3.37. The minimum Gasteiger partial charge on any atom is -0.382 e. The normalized spacial score (nSPS) is 14.8. The zero-order valence-electron chi connectivity index (χ0n) is 8.07. The summed E-state index contributed by atoms with van der Waals surface area (Å²) in [5.74, 6) is 0. The van der Waals surface area contributed by atoms with Crippen LogP contribution in [0.15, 0.2) is 0 Å². The SMILES string of the molecule is CCC(CBr)(CBr)CC(C)OC. The summed E-state index contributed by atoms with van der Waals surface area (Å²) >= 11 is 7.13. The van der Waals surface area contributed by atoms with Crippen LogP contribution in [-0.2, 0) is 4.74 Å². The maximum absolute atomic E-state index is 5.27. The maximum Gasteiger partial charge on any atom is 0.0549 e. The lowest BCUT2D eigenvalue weighted by molar-refractivity contribution is 0.0777. The highest BCUT2D eigenvalue weighted by Crippen LogP contribution is 2.33. The quantitative estimate of drug-likeness (QED) is 0.681. The predicted octanol–water partition coefficient (Wildman–Crippen LogP) is 3.60. The molecule has 0 fully saturated rings. The van der Waals surface area contributed by atoms with Crippen molar-refractivity contribution in [1.29, 1.82) is 0 Å². The summed E-state index contributed by atoms with van der Waals surface area (Å²) in [6, 6.07) is 0. The van der Waals surface area contributed by atoms with Crippen LogP contribution in [0.25, 0.3) is 0 Å². The van der Waals surface area contributed by atoms with Crippen molar-refractivity contribution in [2.75, 3.05) is 17.8 Å². The largest absolute Gasteiger partial charge is 0.382 e. The number of ether oxygens (including phenoxy) is 1. The molecule has 1 unspecified atom stereocenters. The molecule has 12 heavy (non-hydrogen) atoms.